The number of nitrogens with zero attached hydrogens (tertiary/aromatic N) is 5. The molecule has 1 aromatic heterocycles. The highest BCUT2D eigenvalue weighted by atomic mass is 35.5. The molecule has 0 saturated carbocycles. The molecule has 9 rings (SSSR count). The number of phenolic OH excluding ortho intramolecular Hbond substituents is 2. The minimum absolute atomic E-state index is 0.0456. The normalized spacial score (nSPS) is 14.8. The second kappa shape index (κ2) is 13.3. The number of hydrogen-bond acceptors (Lipinski definition) is 12. The van der Waals surface area contributed by atoms with Crippen molar-refractivity contribution < 1.29 is 29.3 Å². The van der Waals surface area contributed by atoms with Crippen LogP contribution in [0, 0.1) is 0 Å². The number of benzene rings is 5. The van der Waals surface area contributed by atoms with Crippen LogP contribution in [0.15, 0.2) is 108 Å². The molecule has 13 nitrogen and oxygen atoms in total. The Morgan fingerprint density at radius 3 is 2.24 bits per heavy atom. The van der Waals surface area contributed by atoms with Crippen LogP contribution in [0.5, 0.6) is 23.0 Å². The zero-order chi connectivity index (χ0) is 37.8. The van der Waals surface area contributed by atoms with Gasteiger partial charge in [-0.1, -0.05) is 41.9 Å². The molecule has 6 aromatic rings. The third kappa shape index (κ3) is 5.99. The molecule has 0 bridgehead atoms. The first-order chi connectivity index (χ1) is 26.7. The lowest BCUT2D eigenvalue weighted by atomic mass is 9.77. The van der Waals surface area contributed by atoms with E-state index in [9.17, 15) is 19.8 Å². The van der Waals surface area contributed by atoms with Gasteiger partial charge < -0.3 is 35.2 Å². The van der Waals surface area contributed by atoms with E-state index in [1.165, 1.54) is 24.3 Å². The lowest BCUT2D eigenvalue weighted by molar-refractivity contribution is -0.117. The summed E-state index contributed by atoms with van der Waals surface area (Å²) in [5, 5.41) is 27.2. The first-order valence-electron chi connectivity index (χ1n) is 17.0. The minimum atomic E-state index is -1.46. The molecule has 272 valence electrons. The maximum Gasteiger partial charge on any atom is 0.340 e. The molecular formula is C40H27Cl2N7O6. The van der Waals surface area contributed by atoms with Crippen LogP contribution in [0.2, 0.25) is 10.3 Å². The standard InChI is InChI=1S/C40H27Cl2N7O6/c41-22-6-13-31-27(16-22)35(21-4-2-1-3-5-21)44-20-34(52)49(31)15-14-43-38-46-37(42)47-39(48-38)45-23-7-10-26-30(17-23)40(55-36(26)53)28-11-8-24(50)18-32(28)54-33-19-25(51)9-12-29(33)40/h1-13,16-19,50-51H,14-15,20H2,(H2,43,45,46,47,48). The highest BCUT2D eigenvalue weighted by molar-refractivity contribution is 6.32. The van der Waals surface area contributed by atoms with Crippen molar-refractivity contribution >= 4 is 64.1 Å². The van der Waals surface area contributed by atoms with E-state index in [0.29, 0.717) is 44.4 Å². The van der Waals surface area contributed by atoms with Crippen molar-refractivity contribution in [2.75, 3.05) is 35.2 Å². The number of carbonyl (C=O) groups excluding carboxylic acids is 2. The van der Waals surface area contributed by atoms with Crippen molar-refractivity contribution in [3.05, 3.63) is 147 Å². The number of halogens is 2. The first-order valence-corrected chi connectivity index (χ1v) is 17.8. The molecule has 1 spiro atoms. The van der Waals surface area contributed by atoms with E-state index in [2.05, 4.69) is 30.6 Å². The zero-order valence-electron chi connectivity index (χ0n) is 28.5. The largest absolute Gasteiger partial charge is 0.508 e. The Bertz CT molecular complexity index is 2550. The summed E-state index contributed by atoms with van der Waals surface area (Å²) in [5.74, 6) is -0.0624. The van der Waals surface area contributed by atoms with Gasteiger partial charge in [-0.3, -0.25) is 9.79 Å². The maximum atomic E-state index is 13.4. The number of rotatable bonds is 7. The van der Waals surface area contributed by atoms with Crippen molar-refractivity contribution in [1.82, 2.24) is 15.0 Å². The van der Waals surface area contributed by atoms with Crippen LogP contribution in [-0.2, 0) is 15.1 Å². The van der Waals surface area contributed by atoms with Crippen LogP contribution >= 0.6 is 23.2 Å². The molecule has 0 radical (unpaired) electrons. The van der Waals surface area contributed by atoms with Gasteiger partial charge >= 0.3 is 5.97 Å². The number of hydrogen-bond donors (Lipinski definition) is 4. The number of phenols is 2. The molecule has 3 aliphatic heterocycles. The van der Waals surface area contributed by atoms with Gasteiger partial charge in [0, 0.05) is 63.7 Å². The lowest BCUT2D eigenvalue weighted by Gasteiger charge is -2.36. The molecule has 1 amide bonds. The summed E-state index contributed by atoms with van der Waals surface area (Å²) in [4.78, 5) is 46.1. The van der Waals surface area contributed by atoms with Crippen molar-refractivity contribution in [2.45, 2.75) is 5.60 Å². The predicted octanol–water partition coefficient (Wildman–Crippen LogP) is 7.20. The third-order valence-corrected chi connectivity index (χ3v) is 9.89. The van der Waals surface area contributed by atoms with Gasteiger partial charge in [0.05, 0.1) is 17.0 Å². The summed E-state index contributed by atoms with van der Waals surface area (Å²) in [6.45, 7) is 0.456. The highest BCUT2D eigenvalue weighted by Gasteiger charge is 2.53. The molecule has 0 unspecified atom stereocenters. The monoisotopic (exact) mass is 771 g/mol. The average molecular weight is 773 g/mol. The van der Waals surface area contributed by atoms with Crippen LogP contribution < -0.4 is 20.3 Å². The zero-order valence-corrected chi connectivity index (χ0v) is 30.0. The van der Waals surface area contributed by atoms with Crippen LogP contribution in [0.1, 0.15) is 38.2 Å². The number of aliphatic imine (C=N–C) groups is 1. The van der Waals surface area contributed by atoms with E-state index in [1.807, 2.05) is 42.5 Å². The molecule has 3 aliphatic rings. The molecule has 55 heavy (non-hydrogen) atoms. The van der Waals surface area contributed by atoms with E-state index < -0.39 is 11.6 Å². The fraction of sp³-hybridized carbons (Fsp3) is 0.100. The number of carbonyl (C=O) groups is 2. The Morgan fingerprint density at radius 2 is 1.49 bits per heavy atom. The number of amides is 1. The molecule has 0 atom stereocenters. The minimum Gasteiger partial charge on any atom is -0.508 e. The van der Waals surface area contributed by atoms with Crippen molar-refractivity contribution in [1.29, 1.82) is 0 Å². The Labute approximate surface area is 322 Å². The van der Waals surface area contributed by atoms with Gasteiger partial charge in [0.25, 0.3) is 0 Å². The fourth-order valence-corrected chi connectivity index (χ4v) is 7.48. The van der Waals surface area contributed by atoms with Crippen LogP contribution in [0.4, 0.5) is 23.3 Å². The van der Waals surface area contributed by atoms with Crippen molar-refractivity contribution in [2.24, 2.45) is 4.99 Å². The quantitative estimate of drug-likeness (QED) is 0.121. The predicted molar refractivity (Wildman–Crippen MR) is 205 cm³/mol. The van der Waals surface area contributed by atoms with Crippen LogP contribution in [0.3, 0.4) is 0 Å². The first kappa shape index (κ1) is 34.1. The van der Waals surface area contributed by atoms with Gasteiger partial charge in [0.2, 0.25) is 23.1 Å². The Morgan fingerprint density at radius 1 is 0.764 bits per heavy atom. The summed E-state index contributed by atoms with van der Waals surface area (Å²) in [6, 6.07) is 29.1. The number of aromatic nitrogens is 3. The van der Waals surface area contributed by atoms with E-state index in [0.717, 1.165) is 11.1 Å². The molecule has 0 fully saturated rings. The van der Waals surface area contributed by atoms with Gasteiger partial charge in [-0.15, -0.1) is 0 Å². The Kier molecular flexibility index (Phi) is 8.25. The van der Waals surface area contributed by atoms with Gasteiger partial charge in [0.1, 0.15) is 29.5 Å². The number of ether oxygens (including phenoxy) is 2. The number of nitrogens with one attached hydrogen (secondary N) is 2. The smallest absolute Gasteiger partial charge is 0.340 e. The number of anilines is 4. The highest BCUT2D eigenvalue weighted by Crippen LogP contribution is 2.57. The molecular weight excluding hydrogens is 745 g/mol. The third-order valence-electron chi connectivity index (χ3n) is 9.48. The van der Waals surface area contributed by atoms with E-state index in [1.54, 1.807) is 41.3 Å². The topological polar surface area (TPSA) is 171 Å². The van der Waals surface area contributed by atoms with Crippen molar-refractivity contribution in [3.63, 3.8) is 0 Å². The maximum absolute atomic E-state index is 13.4. The van der Waals surface area contributed by atoms with Crippen LogP contribution in [-0.4, -0.2) is 62.4 Å². The van der Waals surface area contributed by atoms with E-state index in [4.69, 9.17) is 32.7 Å². The summed E-state index contributed by atoms with van der Waals surface area (Å²) >= 11 is 12.8. The second-order valence-electron chi connectivity index (χ2n) is 12.8. The number of fused-ring (bicyclic) bond motifs is 7. The molecule has 15 heteroatoms. The average Bonchev–Trinajstić information content (AvgIpc) is 3.36. The number of benzodiazepines with no additional fused rings is 1. The summed E-state index contributed by atoms with van der Waals surface area (Å²) in [7, 11) is 0. The van der Waals surface area contributed by atoms with Crippen LogP contribution in [0.25, 0.3) is 0 Å². The summed E-state index contributed by atoms with van der Waals surface area (Å²) < 4.78 is 12.2. The number of esters is 1. The van der Waals surface area contributed by atoms with E-state index in [-0.39, 0.29) is 65.7 Å². The Hall–Kier alpha value is -6.70. The molecule has 5 aromatic carbocycles. The van der Waals surface area contributed by atoms with Gasteiger partial charge in [-0.05, 0) is 72.3 Å². The lowest BCUT2D eigenvalue weighted by Crippen LogP contribution is -2.36. The SMILES string of the molecule is O=C1OC2(c3ccc(O)cc3Oc3cc(O)ccc32)c2cc(Nc3nc(Cl)nc(NCCN4C(=O)CN=C(c5ccccc5)c5cc(Cl)ccc54)n3)ccc21. The molecule has 0 saturated heterocycles. The molecule has 4 N–H and O–H groups in total. The second-order valence-corrected chi connectivity index (χ2v) is 13.6. The Balaban J connectivity index is 0.983. The molecule has 4 heterocycles. The van der Waals surface area contributed by atoms with Gasteiger partial charge in [-0.25, -0.2) is 4.79 Å². The summed E-state index contributed by atoms with van der Waals surface area (Å²) in [6.07, 6.45) is 0. The fourth-order valence-electron chi connectivity index (χ4n) is 7.14. The van der Waals surface area contributed by atoms with Crippen molar-refractivity contribution in [3.8, 4) is 23.0 Å². The summed E-state index contributed by atoms with van der Waals surface area (Å²) in [5.41, 5.74) is 3.78. The van der Waals surface area contributed by atoms with Gasteiger partial charge in [0.15, 0.2) is 5.60 Å². The molecule has 0 aliphatic carbocycles. The van der Waals surface area contributed by atoms with Gasteiger partial charge in [-0.2, -0.15) is 15.0 Å². The van der Waals surface area contributed by atoms with E-state index >= 15 is 0 Å². The number of aromatic hydroxyl groups is 2.